The van der Waals surface area contributed by atoms with Crippen LogP contribution in [-0.2, 0) is 9.59 Å². The van der Waals surface area contributed by atoms with Gasteiger partial charge in [0.2, 0.25) is 11.8 Å². The summed E-state index contributed by atoms with van der Waals surface area (Å²) in [7, 11) is 3.93. The van der Waals surface area contributed by atoms with Gasteiger partial charge in [0.15, 0.2) is 0 Å². The molecule has 0 radical (unpaired) electrons. The van der Waals surface area contributed by atoms with E-state index < -0.39 is 0 Å². The molecule has 7 nitrogen and oxygen atoms in total. The highest BCUT2D eigenvalue weighted by molar-refractivity contribution is 8.00. The number of fused-ring (bicyclic) bond motifs is 1. The van der Waals surface area contributed by atoms with Crippen molar-refractivity contribution in [1.82, 2.24) is 20.0 Å². The first-order valence-electron chi connectivity index (χ1n) is 13.5. The second kappa shape index (κ2) is 12.1. The number of aryl methyl sites for hydroxylation is 2. The standard InChI is InChI=1S/C32H35N5O2S/c1-22-14-16-25(17-15-22)37-32-29(30(34-37)24-11-6-5-7-12-24)31(26-13-9-8-10-23(26)2)40-21-28(39)36(32)20-27(38)33-18-19-35(3)4/h5-17,31H,18-21H2,1-4H3,(H,33,38). The quantitative estimate of drug-likeness (QED) is 0.333. The molecule has 1 unspecified atom stereocenters. The lowest BCUT2D eigenvalue weighted by Gasteiger charge is -2.23. The van der Waals surface area contributed by atoms with Crippen LogP contribution in [0.25, 0.3) is 16.9 Å². The monoisotopic (exact) mass is 553 g/mol. The number of amides is 2. The summed E-state index contributed by atoms with van der Waals surface area (Å²) in [6.07, 6.45) is 0. The minimum atomic E-state index is -0.196. The van der Waals surface area contributed by atoms with E-state index in [9.17, 15) is 9.59 Å². The van der Waals surface area contributed by atoms with Gasteiger partial charge in [-0.15, -0.1) is 11.8 Å². The number of hydrogen-bond donors (Lipinski definition) is 1. The number of carbonyl (C=O) groups is 2. The Morgan fingerprint density at radius 1 is 1.00 bits per heavy atom. The van der Waals surface area contributed by atoms with E-state index in [1.165, 1.54) is 0 Å². The smallest absolute Gasteiger partial charge is 0.240 e. The molecular weight excluding hydrogens is 518 g/mol. The second-order valence-corrected chi connectivity index (χ2v) is 11.5. The maximum atomic E-state index is 13.8. The van der Waals surface area contributed by atoms with E-state index in [0.717, 1.165) is 45.7 Å². The van der Waals surface area contributed by atoms with Gasteiger partial charge in [-0.3, -0.25) is 14.5 Å². The van der Waals surface area contributed by atoms with Gasteiger partial charge in [0.1, 0.15) is 12.4 Å². The number of benzene rings is 3. The van der Waals surface area contributed by atoms with Crippen LogP contribution in [0.2, 0.25) is 0 Å². The van der Waals surface area contributed by atoms with E-state index in [4.69, 9.17) is 5.10 Å². The minimum absolute atomic E-state index is 0.0773. The Morgan fingerprint density at radius 2 is 1.70 bits per heavy atom. The van der Waals surface area contributed by atoms with Crippen molar-refractivity contribution in [2.24, 2.45) is 0 Å². The summed E-state index contributed by atoms with van der Waals surface area (Å²) < 4.78 is 1.85. The highest BCUT2D eigenvalue weighted by Gasteiger charge is 2.38. The molecule has 0 bridgehead atoms. The second-order valence-electron chi connectivity index (χ2n) is 10.4. The molecule has 2 amide bonds. The summed E-state index contributed by atoms with van der Waals surface area (Å²) in [5.74, 6) is 0.589. The molecule has 1 aliphatic rings. The van der Waals surface area contributed by atoms with Gasteiger partial charge >= 0.3 is 0 Å². The molecule has 0 fully saturated rings. The molecule has 4 aromatic rings. The van der Waals surface area contributed by atoms with Crippen molar-refractivity contribution in [2.45, 2.75) is 19.1 Å². The number of anilines is 1. The molecule has 0 saturated heterocycles. The SMILES string of the molecule is Cc1ccc(-n2nc(-c3ccccc3)c3c2N(CC(=O)NCCN(C)C)C(=O)CSC3c2ccccc2C)cc1. The van der Waals surface area contributed by atoms with Gasteiger partial charge in [0.25, 0.3) is 0 Å². The average Bonchev–Trinajstić information content (AvgIpc) is 3.27. The first-order chi connectivity index (χ1) is 19.3. The zero-order chi connectivity index (χ0) is 28.2. The Labute approximate surface area is 240 Å². The lowest BCUT2D eigenvalue weighted by molar-refractivity contribution is -0.122. The van der Waals surface area contributed by atoms with Crippen LogP contribution < -0.4 is 10.2 Å². The molecule has 206 valence electrons. The maximum absolute atomic E-state index is 13.8. The van der Waals surface area contributed by atoms with Crippen LogP contribution in [-0.4, -0.2) is 66.0 Å². The zero-order valence-corrected chi connectivity index (χ0v) is 24.2. The first-order valence-corrected chi connectivity index (χ1v) is 14.5. The molecular formula is C32H35N5O2S. The molecule has 40 heavy (non-hydrogen) atoms. The van der Waals surface area contributed by atoms with E-state index in [2.05, 4.69) is 24.4 Å². The Kier molecular flexibility index (Phi) is 8.38. The first kappa shape index (κ1) is 27.7. The normalized spacial score (nSPS) is 15.2. The molecule has 0 spiro atoms. The predicted molar refractivity (Wildman–Crippen MR) is 163 cm³/mol. The van der Waals surface area contributed by atoms with Gasteiger partial charge in [-0.1, -0.05) is 72.3 Å². The van der Waals surface area contributed by atoms with Gasteiger partial charge in [-0.25, -0.2) is 4.68 Å². The average molecular weight is 554 g/mol. The summed E-state index contributed by atoms with van der Waals surface area (Å²) in [6, 6.07) is 26.5. The largest absolute Gasteiger partial charge is 0.353 e. The van der Waals surface area contributed by atoms with Crippen molar-refractivity contribution in [1.29, 1.82) is 0 Å². The summed E-state index contributed by atoms with van der Waals surface area (Å²) in [4.78, 5) is 30.6. The minimum Gasteiger partial charge on any atom is -0.353 e. The third-order valence-corrected chi connectivity index (χ3v) is 8.31. The fourth-order valence-corrected chi connectivity index (χ4v) is 6.23. The highest BCUT2D eigenvalue weighted by Crippen LogP contribution is 2.49. The van der Waals surface area contributed by atoms with Crippen LogP contribution in [0.5, 0.6) is 0 Å². The van der Waals surface area contributed by atoms with Crippen LogP contribution in [0.4, 0.5) is 5.82 Å². The molecule has 2 heterocycles. The topological polar surface area (TPSA) is 70.5 Å². The Hall–Kier alpha value is -3.88. The Balaban J connectivity index is 1.73. The number of rotatable bonds is 8. The van der Waals surface area contributed by atoms with Gasteiger partial charge in [0, 0.05) is 24.2 Å². The number of carbonyl (C=O) groups excluding carboxylic acids is 2. The summed E-state index contributed by atoms with van der Waals surface area (Å²) in [5.41, 5.74) is 6.98. The van der Waals surface area contributed by atoms with Crippen LogP contribution in [0.15, 0.2) is 78.9 Å². The molecule has 3 aromatic carbocycles. The molecule has 1 aromatic heterocycles. The predicted octanol–water partition coefficient (Wildman–Crippen LogP) is 5.00. The number of nitrogens with zero attached hydrogens (tertiary/aromatic N) is 4. The number of likely N-dealkylation sites (N-methyl/N-ethyl adjacent to an activating group) is 1. The number of nitrogens with one attached hydrogen (secondary N) is 1. The molecule has 1 atom stereocenters. The van der Waals surface area contributed by atoms with Crippen LogP contribution in [0.3, 0.4) is 0 Å². The van der Waals surface area contributed by atoms with Gasteiger partial charge in [0.05, 0.1) is 22.4 Å². The van der Waals surface area contributed by atoms with Gasteiger partial charge in [-0.2, -0.15) is 5.10 Å². The molecule has 0 aliphatic carbocycles. The van der Waals surface area contributed by atoms with Crippen LogP contribution in [0.1, 0.15) is 27.5 Å². The number of aromatic nitrogens is 2. The van der Waals surface area contributed by atoms with Crippen molar-refractivity contribution in [3.8, 4) is 16.9 Å². The molecule has 8 heteroatoms. The Bertz CT molecular complexity index is 1500. The van der Waals surface area contributed by atoms with Crippen LogP contribution in [0, 0.1) is 13.8 Å². The van der Waals surface area contributed by atoms with E-state index in [-0.39, 0.29) is 29.4 Å². The van der Waals surface area contributed by atoms with Crippen LogP contribution >= 0.6 is 11.8 Å². The molecule has 0 saturated carbocycles. The van der Waals surface area contributed by atoms with Crippen molar-refractivity contribution in [3.63, 3.8) is 0 Å². The number of thioether (sulfide) groups is 1. The fraction of sp³-hybridized carbons (Fsp3) is 0.281. The van der Waals surface area contributed by atoms with Gasteiger partial charge in [-0.05, 0) is 51.2 Å². The third-order valence-electron chi connectivity index (χ3n) is 7.07. The van der Waals surface area contributed by atoms with E-state index >= 15 is 0 Å². The summed E-state index contributed by atoms with van der Waals surface area (Å²) >= 11 is 1.59. The van der Waals surface area contributed by atoms with E-state index in [1.807, 2.05) is 97.3 Å². The van der Waals surface area contributed by atoms with Crippen molar-refractivity contribution in [3.05, 3.63) is 101 Å². The Morgan fingerprint density at radius 3 is 2.40 bits per heavy atom. The van der Waals surface area contributed by atoms with E-state index in [0.29, 0.717) is 12.4 Å². The van der Waals surface area contributed by atoms with Crippen molar-refractivity contribution in [2.75, 3.05) is 44.4 Å². The molecule has 5 rings (SSSR count). The lowest BCUT2D eigenvalue weighted by atomic mass is 9.97. The highest BCUT2D eigenvalue weighted by atomic mass is 32.2. The summed E-state index contributed by atoms with van der Waals surface area (Å²) in [6.45, 7) is 5.29. The lowest BCUT2D eigenvalue weighted by Crippen LogP contribution is -2.43. The fourth-order valence-electron chi connectivity index (χ4n) is 4.94. The third kappa shape index (κ3) is 5.83. The van der Waals surface area contributed by atoms with Crippen molar-refractivity contribution >= 4 is 29.4 Å². The zero-order valence-electron chi connectivity index (χ0n) is 23.4. The molecule has 1 aliphatic heterocycles. The van der Waals surface area contributed by atoms with Crippen molar-refractivity contribution < 1.29 is 9.59 Å². The maximum Gasteiger partial charge on any atom is 0.240 e. The molecule has 1 N–H and O–H groups in total. The van der Waals surface area contributed by atoms with E-state index in [1.54, 1.807) is 16.7 Å². The number of hydrogen-bond acceptors (Lipinski definition) is 5. The van der Waals surface area contributed by atoms with Gasteiger partial charge < -0.3 is 10.2 Å². The summed E-state index contributed by atoms with van der Waals surface area (Å²) in [5, 5.41) is 7.99.